The Balaban J connectivity index is 2.39. The van der Waals surface area contributed by atoms with Gasteiger partial charge in [-0.2, -0.15) is 0 Å². The van der Waals surface area contributed by atoms with E-state index in [1.807, 2.05) is 11.9 Å². The highest BCUT2D eigenvalue weighted by Gasteiger charge is 2.16. The van der Waals surface area contributed by atoms with Gasteiger partial charge in [0, 0.05) is 44.8 Å². The average Bonchev–Trinajstić information content (AvgIpc) is 2.79. The van der Waals surface area contributed by atoms with Crippen molar-refractivity contribution in [2.24, 2.45) is 0 Å². The number of aromatic nitrogens is 1. The van der Waals surface area contributed by atoms with Crippen LogP contribution in [0.2, 0.25) is 0 Å². The highest BCUT2D eigenvalue weighted by atomic mass is 16.5. The fourth-order valence-corrected chi connectivity index (χ4v) is 2.13. The van der Waals surface area contributed by atoms with Gasteiger partial charge in [-0.05, 0) is 31.1 Å². The Hall–Kier alpha value is -1.48. The highest BCUT2D eigenvalue weighted by Crippen LogP contribution is 2.28. The second-order valence-corrected chi connectivity index (χ2v) is 4.30. The molecule has 90 valence electrons. The van der Waals surface area contributed by atoms with Crippen LogP contribution in [0.4, 0.5) is 0 Å². The Kier molecular flexibility index (Phi) is 1.55. The monoisotopic (exact) mass is 235 g/mol. The quantitative estimate of drug-likeness (QED) is 0.821. The first-order valence-corrected chi connectivity index (χ1v) is 5.65. The molecule has 0 saturated heterocycles. The van der Waals surface area contributed by atoms with Crippen LogP contribution in [0.15, 0.2) is 18.1 Å². The molecule has 0 amide bonds. The Morgan fingerprint density at radius 1 is 1.47 bits per heavy atom. The van der Waals surface area contributed by atoms with Crippen LogP contribution in [-0.2, 0) is 12.8 Å². The molecule has 0 radical (unpaired) electrons. The number of benzene rings is 1. The normalized spacial score (nSPS) is 24.0. The molecular formula is C14H18N2O. The number of fused-ring (bicyclic) bond motifs is 3. The van der Waals surface area contributed by atoms with Gasteiger partial charge in [-0.3, -0.25) is 0 Å². The van der Waals surface area contributed by atoms with Gasteiger partial charge in [0.2, 0.25) is 0 Å². The molecule has 0 aliphatic carbocycles. The van der Waals surface area contributed by atoms with Crippen molar-refractivity contribution in [3.8, 4) is 5.75 Å². The largest absolute Gasteiger partial charge is 0.497 e. The molecule has 2 aromatic rings. The lowest BCUT2D eigenvalue weighted by molar-refractivity contribution is 0.352. The number of hydrogen-bond acceptors (Lipinski definition) is 2. The second-order valence-electron chi connectivity index (χ2n) is 4.30. The molecular weight excluding hydrogens is 212 g/mol. The summed E-state index contributed by atoms with van der Waals surface area (Å²) in [7, 11) is 3.24. The minimum absolute atomic E-state index is 0.00993. The van der Waals surface area contributed by atoms with Gasteiger partial charge in [-0.1, -0.05) is 0 Å². The smallest absolute Gasteiger partial charge is 0.120 e. The maximum atomic E-state index is 8.30. The molecule has 3 heteroatoms. The first kappa shape index (κ1) is 6.45. The number of ether oxygens (including phenoxy) is 1. The van der Waals surface area contributed by atoms with Crippen molar-refractivity contribution >= 4 is 10.9 Å². The summed E-state index contributed by atoms with van der Waals surface area (Å²) in [4.78, 5) is 4.92. The van der Waals surface area contributed by atoms with Gasteiger partial charge < -0.3 is 14.6 Å². The number of likely N-dealkylation sites (N-methyl/N-ethyl adjacent to an activating group) is 1. The molecule has 1 aromatic heterocycles. The molecule has 0 unspecified atom stereocenters. The van der Waals surface area contributed by atoms with Crippen LogP contribution >= 0.6 is 0 Å². The van der Waals surface area contributed by atoms with Crippen LogP contribution < -0.4 is 4.74 Å². The minimum Gasteiger partial charge on any atom is -0.497 e. The van der Waals surface area contributed by atoms with Crippen molar-refractivity contribution in [1.82, 2.24) is 9.88 Å². The summed E-state index contributed by atoms with van der Waals surface area (Å²) in [5.41, 5.74) is 1.51. The number of nitrogens with zero attached hydrogens (tertiary/aromatic N) is 1. The SMILES string of the molecule is [2H]c1c(OC)c([2H])c2[nH]c3c(c2c1[2H])CCN(C)CC3([2H])[2H]. The first-order valence-electron chi connectivity index (χ1n) is 8.15. The third kappa shape index (κ3) is 1.80. The lowest BCUT2D eigenvalue weighted by Gasteiger charge is -2.11. The molecule has 1 aliphatic heterocycles. The fourth-order valence-electron chi connectivity index (χ4n) is 2.13. The summed E-state index contributed by atoms with van der Waals surface area (Å²) in [6.07, 6.45) is -1.00. The molecule has 3 nitrogen and oxygen atoms in total. The van der Waals surface area contributed by atoms with E-state index in [1.165, 1.54) is 7.11 Å². The van der Waals surface area contributed by atoms with E-state index in [0.717, 1.165) is 0 Å². The molecule has 2 heterocycles. The van der Waals surface area contributed by atoms with Crippen molar-refractivity contribution < 1.29 is 11.6 Å². The third-order valence-corrected chi connectivity index (χ3v) is 3.12. The van der Waals surface area contributed by atoms with Gasteiger partial charge in [-0.25, -0.2) is 0 Å². The molecule has 1 aliphatic rings. The summed E-state index contributed by atoms with van der Waals surface area (Å²) in [6, 6.07) is -0.128. The standard InChI is InChI=1S/C14H18N2O/c1-16-7-5-12-11-4-3-10(17-2)9-14(11)15-13(12)6-8-16/h3-4,9,15H,5-8H2,1-2H3/i3D,4D,6D2,9D. The van der Waals surface area contributed by atoms with E-state index in [9.17, 15) is 0 Å². The number of hydrogen-bond donors (Lipinski definition) is 1. The number of nitrogens with one attached hydrogen (secondary N) is 1. The highest BCUT2D eigenvalue weighted by molar-refractivity contribution is 5.86. The number of H-pyrrole nitrogens is 1. The van der Waals surface area contributed by atoms with E-state index in [4.69, 9.17) is 11.6 Å². The van der Waals surface area contributed by atoms with Crippen LogP contribution in [0.25, 0.3) is 10.9 Å². The molecule has 0 bridgehead atoms. The van der Waals surface area contributed by atoms with Gasteiger partial charge in [0.05, 0.1) is 11.2 Å². The van der Waals surface area contributed by atoms with Crippen LogP contribution in [-0.4, -0.2) is 37.1 Å². The van der Waals surface area contributed by atoms with Crippen molar-refractivity contribution in [1.29, 1.82) is 0 Å². The van der Waals surface area contributed by atoms with Gasteiger partial charge in [0.25, 0.3) is 0 Å². The molecule has 0 saturated carbocycles. The zero-order valence-corrected chi connectivity index (χ0v) is 9.98. The van der Waals surface area contributed by atoms with Gasteiger partial charge >= 0.3 is 0 Å². The van der Waals surface area contributed by atoms with E-state index in [-0.39, 0.29) is 30.4 Å². The van der Waals surface area contributed by atoms with Crippen molar-refractivity contribution in [2.45, 2.75) is 12.8 Å². The Bertz CT molecular complexity index is 756. The minimum atomic E-state index is -1.59. The summed E-state index contributed by atoms with van der Waals surface area (Å²) in [5, 5.41) is 0.477. The molecule has 3 rings (SSSR count). The van der Waals surface area contributed by atoms with Crippen molar-refractivity contribution in [2.75, 3.05) is 27.2 Å². The summed E-state index contributed by atoms with van der Waals surface area (Å²) in [6.45, 7) is 0.921. The summed E-state index contributed by atoms with van der Waals surface area (Å²) >= 11 is 0. The molecule has 0 spiro atoms. The lowest BCUT2D eigenvalue weighted by atomic mass is 10.1. The number of methoxy groups -OCH3 is 1. The Morgan fingerprint density at radius 2 is 2.35 bits per heavy atom. The molecule has 17 heavy (non-hydrogen) atoms. The van der Waals surface area contributed by atoms with Crippen molar-refractivity contribution in [3.63, 3.8) is 0 Å². The van der Waals surface area contributed by atoms with Crippen molar-refractivity contribution in [3.05, 3.63) is 29.4 Å². The summed E-state index contributed by atoms with van der Waals surface area (Å²) < 4.78 is 46.1. The van der Waals surface area contributed by atoms with Gasteiger partial charge in [0.1, 0.15) is 5.75 Å². The van der Waals surface area contributed by atoms with Gasteiger partial charge in [0.15, 0.2) is 0 Å². The zero-order chi connectivity index (χ0) is 16.2. The zero-order valence-electron chi connectivity index (χ0n) is 15.0. The third-order valence-electron chi connectivity index (χ3n) is 3.12. The van der Waals surface area contributed by atoms with Crippen LogP contribution in [0.3, 0.4) is 0 Å². The number of rotatable bonds is 1. The molecule has 0 atom stereocenters. The Labute approximate surface area is 108 Å². The molecule has 0 fully saturated rings. The number of aromatic amines is 1. The van der Waals surface area contributed by atoms with E-state index in [2.05, 4.69) is 4.98 Å². The predicted molar refractivity (Wildman–Crippen MR) is 69.8 cm³/mol. The van der Waals surface area contributed by atoms with E-state index < -0.39 is 6.37 Å². The van der Waals surface area contributed by atoms with Crippen LogP contribution in [0.1, 0.15) is 18.1 Å². The predicted octanol–water partition coefficient (Wildman–Crippen LogP) is 2.21. The lowest BCUT2D eigenvalue weighted by Crippen LogP contribution is -2.21. The van der Waals surface area contributed by atoms with E-state index in [1.54, 1.807) is 0 Å². The average molecular weight is 235 g/mol. The molecule has 1 aromatic carbocycles. The molecule has 1 N–H and O–H groups in total. The van der Waals surface area contributed by atoms with E-state index >= 15 is 0 Å². The van der Waals surface area contributed by atoms with Gasteiger partial charge in [-0.15, -0.1) is 0 Å². The van der Waals surface area contributed by atoms with Crippen LogP contribution in [0.5, 0.6) is 5.75 Å². The maximum absolute atomic E-state index is 8.30. The fraction of sp³-hybridized carbons (Fsp3) is 0.429. The van der Waals surface area contributed by atoms with E-state index in [0.29, 0.717) is 35.1 Å². The van der Waals surface area contributed by atoms with Crippen LogP contribution in [0, 0.1) is 0 Å². The summed E-state index contributed by atoms with van der Waals surface area (Å²) in [5.74, 6) is 0.0478. The second kappa shape index (κ2) is 4.08. The maximum Gasteiger partial charge on any atom is 0.120 e. The first-order chi connectivity index (χ1) is 10.3. The topological polar surface area (TPSA) is 28.3 Å². The Morgan fingerprint density at radius 3 is 3.18 bits per heavy atom.